The topological polar surface area (TPSA) is 69.5 Å². The average molecular weight is 417 g/mol. The normalized spacial score (nSPS) is 11.5. The molecule has 0 saturated heterocycles. The average Bonchev–Trinajstić information content (AvgIpc) is 3.33. The molecule has 0 radical (unpaired) electrons. The van der Waals surface area contributed by atoms with Crippen molar-refractivity contribution >= 4 is 28.3 Å². The molecule has 0 N–H and O–H groups in total. The van der Waals surface area contributed by atoms with Crippen LogP contribution >= 0.6 is 11.3 Å². The molecule has 0 spiro atoms. The van der Waals surface area contributed by atoms with E-state index in [-0.39, 0.29) is 11.9 Å². The third-order valence-electron chi connectivity index (χ3n) is 4.70. The lowest BCUT2D eigenvalue weighted by Gasteiger charge is -2.22. The molecule has 0 aliphatic rings. The highest BCUT2D eigenvalue weighted by Gasteiger charge is 2.23. The molecule has 0 bridgehead atoms. The van der Waals surface area contributed by atoms with E-state index in [1.807, 2.05) is 16.8 Å². The van der Waals surface area contributed by atoms with E-state index in [1.165, 1.54) is 4.88 Å². The number of thiophene rings is 1. The van der Waals surface area contributed by atoms with E-state index in [4.69, 9.17) is 14.5 Å². The fourth-order valence-corrected chi connectivity index (χ4v) is 3.99. The summed E-state index contributed by atoms with van der Waals surface area (Å²) in [4.78, 5) is 22.4. The minimum absolute atomic E-state index is 0.0654. The molecule has 7 nitrogen and oxygen atoms in total. The number of nitrogens with zero attached hydrogens (tertiary/aromatic N) is 4. The first kappa shape index (κ1) is 21.4. The molecule has 3 rings (SSSR count). The molecule has 0 saturated carbocycles. The number of aryl methyl sites for hydroxylation is 1. The highest BCUT2D eigenvalue weighted by molar-refractivity contribution is 7.15. The number of carbonyl (C=O) groups excluding carboxylic acids is 1. The highest BCUT2D eigenvalue weighted by Crippen LogP contribution is 2.31. The van der Waals surface area contributed by atoms with E-state index < -0.39 is 0 Å². The van der Waals surface area contributed by atoms with Crippen LogP contribution in [0.3, 0.4) is 0 Å². The van der Waals surface area contributed by atoms with Crippen molar-refractivity contribution in [2.45, 2.75) is 26.8 Å². The van der Waals surface area contributed by atoms with Crippen molar-refractivity contribution in [2.75, 3.05) is 40.5 Å². The van der Waals surface area contributed by atoms with Gasteiger partial charge in [0, 0.05) is 38.2 Å². The number of aromatic nitrogens is 3. The van der Waals surface area contributed by atoms with Gasteiger partial charge in [-0.15, -0.1) is 11.3 Å². The number of pyridine rings is 1. The summed E-state index contributed by atoms with van der Waals surface area (Å²) in [5, 5.41) is 5.26. The van der Waals surface area contributed by atoms with Crippen molar-refractivity contribution in [3.63, 3.8) is 0 Å². The minimum Gasteiger partial charge on any atom is -0.383 e. The van der Waals surface area contributed by atoms with Gasteiger partial charge < -0.3 is 14.4 Å². The molecule has 0 aromatic carbocycles. The number of amides is 1. The van der Waals surface area contributed by atoms with Crippen LogP contribution in [0, 0.1) is 6.92 Å². The Balaban J connectivity index is 2.12. The van der Waals surface area contributed by atoms with E-state index in [9.17, 15) is 4.79 Å². The van der Waals surface area contributed by atoms with Gasteiger partial charge in [-0.05, 0) is 39.0 Å². The third kappa shape index (κ3) is 4.66. The molecule has 156 valence electrons. The molecule has 3 aromatic rings. The van der Waals surface area contributed by atoms with E-state index >= 15 is 0 Å². The Morgan fingerprint density at radius 2 is 1.90 bits per heavy atom. The Kier molecular flexibility index (Phi) is 7.00. The van der Waals surface area contributed by atoms with Gasteiger partial charge in [0.2, 0.25) is 0 Å². The number of rotatable bonds is 9. The second-order valence-electron chi connectivity index (χ2n) is 7.16. The second kappa shape index (κ2) is 9.47. The Labute approximate surface area is 175 Å². The van der Waals surface area contributed by atoms with Crippen molar-refractivity contribution in [2.24, 2.45) is 0 Å². The van der Waals surface area contributed by atoms with Gasteiger partial charge in [0.25, 0.3) is 5.91 Å². The summed E-state index contributed by atoms with van der Waals surface area (Å²) in [6, 6.07) is 6.14. The Hall–Kier alpha value is -2.29. The monoisotopic (exact) mass is 416 g/mol. The number of hydrogen-bond donors (Lipinski definition) is 0. The van der Waals surface area contributed by atoms with Crippen molar-refractivity contribution in [3.8, 4) is 10.6 Å². The molecule has 3 aromatic heterocycles. The van der Waals surface area contributed by atoms with Gasteiger partial charge in [0.15, 0.2) is 5.65 Å². The van der Waals surface area contributed by atoms with E-state index in [1.54, 1.807) is 36.7 Å². The van der Waals surface area contributed by atoms with Crippen LogP contribution in [-0.4, -0.2) is 66.1 Å². The summed E-state index contributed by atoms with van der Waals surface area (Å²) in [6.45, 7) is 8.09. The quantitative estimate of drug-likeness (QED) is 0.531. The van der Waals surface area contributed by atoms with Crippen LogP contribution in [0.5, 0.6) is 0 Å². The number of carbonyl (C=O) groups is 1. The van der Waals surface area contributed by atoms with E-state index in [2.05, 4.69) is 31.9 Å². The molecule has 0 fully saturated rings. The standard InChI is InChI=1S/C21H28N4O3S/c1-14(2)25-20-17(13-22-25)16(12-18(23-20)19-7-6-15(3)29-19)21(26)24(8-10-27-4)9-11-28-5/h6-7,12-14H,8-11H2,1-5H3. The summed E-state index contributed by atoms with van der Waals surface area (Å²) in [7, 11) is 3.26. The van der Waals surface area contributed by atoms with Crippen molar-refractivity contribution in [1.82, 2.24) is 19.7 Å². The van der Waals surface area contributed by atoms with Gasteiger partial charge in [0.05, 0.1) is 40.9 Å². The molecule has 0 aliphatic carbocycles. The predicted molar refractivity (Wildman–Crippen MR) is 116 cm³/mol. The van der Waals surface area contributed by atoms with Crippen LogP contribution in [-0.2, 0) is 9.47 Å². The lowest BCUT2D eigenvalue weighted by Crippen LogP contribution is -2.36. The first-order valence-corrected chi connectivity index (χ1v) is 10.5. The van der Waals surface area contributed by atoms with E-state index in [0.29, 0.717) is 31.9 Å². The summed E-state index contributed by atoms with van der Waals surface area (Å²) >= 11 is 1.67. The first-order valence-electron chi connectivity index (χ1n) is 9.68. The predicted octanol–water partition coefficient (Wildman–Crippen LogP) is 3.78. The molecular formula is C21H28N4O3S. The van der Waals surface area contributed by atoms with Crippen molar-refractivity contribution in [1.29, 1.82) is 0 Å². The van der Waals surface area contributed by atoms with Crippen LogP contribution < -0.4 is 0 Å². The van der Waals surface area contributed by atoms with Crippen LogP contribution in [0.1, 0.15) is 35.1 Å². The molecule has 0 unspecified atom stereocenters. The second-order valence-corrected chi connectivity index (χ2v) is 8.45. The van der Waals surface area contributed by atoms with Crippen LogP contribution in [0.2, 0.25) is 0 Å². The molecule has 0 atom stereocenters. The molecule has 29 heavy (non-hydrogen) atoms. The zero-order valence-corrected chi connectivity index (χ0v) is 18.5. The number of hydrogen-bond acceptors (Lipinski definition) is 6. The first-order chi connectivity index (χ1) is 14.0. The van der Waals surface area contributed by atoms with Gasteiger partial charge >= 0.3 is 0 Å². The molecule has 0 aliphatic heterocycles. The Morgan fingerprint density at radius 1 is 1.21 bits per heavy atom. The zero-order chi connectivity index (χ0) is 21.0. The van der Waals surface area contributed by atoms with Gasteiger partial charge in [-0.3, -0.25) is 4.79 Å². The SMILES string of the molecule is COCCN(CCOC)C(=O)c1cc(-c2ccc(C)s2)nc2c1cnn2C(C)C. The Morgan fingerprint density at radius 3 is 2.45 bits per heavy atom. The fraction of sp³-hybridized carbons (Fsp3) is 0.476. The number of methoxy groups -OCH3 is 2. The van der Waals surface area contributed by atoms with Gasteiger partial charge in [0.1, 0.15) is 0 Å². The maximum atomic E-state index is 13.5. The van der Waals surface area contributed by atoms with Crippen LogP contribution in [0.4, 0.5) is 0 Å². The summed E-state index contributed by atoms with van der Waals surface area (Å²) in [5.74, 6) is -0.0654. The lowest BCUT2D eigenvalue weighted by atomic mass is 10.1. The molecule has 3 heterocycles. The van der Waals surface area contributed by atoms with Gasteiger partial charge in [-0.2, -0.15) is 5.10 Å². The van der Waals surface area contributed by atoms with Crippen molar-refractivity contribution < 1.29 is 14.3 Å². The maximum Gasteiger partial charge on any atom is 0.254 e. The summed E-state index contributed by atoms with van der Waals surface area (Å²) in [6.07, 6.45) is 1.74. The molecule has 8 heteroatoms. The zero-order valence-electron chi connectivity index (χ0n) is 17.6. The molecule has 1 amide bonds. The smallest absolute Gasteiger partial charge is 0.254 e. The largest absolute Gasteiger partial charge is 0.383 e. The van der Waals surface area contributed by atoms with Crippen LogP contribution in [0.15, 0.2) is 24.4 Å². The van der Waals surface area contributed by atoms with Crippen LogP contribution in [0.25, 0.3) is 21.6 Å². The molecular weight excluding hydrogens is 388 g/mol. The summed E-state index contributed by atoms with van der Waals surface area (Å²) in [5.41, 5.74) is 2.13. The van der Waals surface area contributed by atoms with E-state index in [0.717, 1.165) is 21.6 Å². The maximum absolute atomic E-state index is 13.5. The fourth-order valence-electron chi connectivity index (χ4n) is 3.16. The summed E-state index contributed by atoms with van der Waals surface area (Å²) < 4.78 is 12.3. The Bertz CT molecular complexity index is 972. The lowest BCUT2D eigenvalue weighted by molar-refractivity contribution is 0.0629. The van der Waals surface area contributed by atoms with Crippen molar-refractivity contribution in [3.05, 3.63) is 34.8 Å². The third-order valence-corrected chi connectivity index (χ3v) is 5.72. The number of ether oxygens (including phenoxy) is 2. The minimum atomic E-state index is -0.0654. The van der Waals surface area contributed by atoms with Gasteiger partial charge in [-0.25, -0.2) is 9.67 Å². The van der Waals surface area contributed by atoms with Gasteiger partial charge in [-0.1, -0.05) is 0 Å². The number of fused-ring (bicyclic) bond motifs is 1. The highest BCUT2D eigenvalue weighted by atomic mass is 32.1.